The fraction of sp³-hybridized carbons (Fsp3) is 0.562. The molecule has 144 valence electrons. The minimum Gasteiger partial charge on any atom is -0.378 e. The Kier molecular flexibility index (Phi) is 12.7. The molecule has 0 amide bonds. The van der Waals surface area contributed by atoms with Gasteiger partial charge in [-0.15, -0.1) is 24.0 Å². The summed E-state index contributed by atoms with van der Waals surface area (Å²) in [6.07, 6.45) is 1.20. The summed E-state index contributed by atoms with van der Waals surface area (Å²) in [6.45, 7) is 5.87. The molecule has 0 aromatic heterocycles. The molecule has 0 heterocycles. The number of aliphatic imine (C=N–C) groups is 1. The molecule has 1 atom stereocenters. The van der Waals surface area contributed by atoms with Crippen molar-refractivity contribution in [2.75, 3.05) is 38.3 Å². The van der Waals surface area contributed by atoms with Crippen LogP contribution in [0.4, 0.5) is 0 Å². The first-order chi connectivity index (χ1) is 11.3. The number of hydrogen-bond acceptors (Lipinski definition) is 4. The second-order valence-electron chi connectivity index (χ2n) is 5.39. The Labute approximate surface area is 176 Å². The third kappa shape index (κ3) is 11.0. The molecule has 0 aliphatic heterocycles. The molecule has 0 saturated carbocycles. The molecule has 0 radical (unpaired) electrons. The molecule has 0 spiro atoms. The maximum Gasteiger partial charge on any atom is 0.191 e. The van der Waals surface area contributed by atoms with Crippen molar-refractivity contribution in [3.05, 3.63) is 34.3 Å². The topological polar surface area (TPSA) is 79.8 Å². The molecule has 6 nitrogen and oxygen atoms in total. The Morgan fingerprint density at radius 3 is 2.60 bits per heavy atom. The number of sulfone groups is 1. The van der Waals surface area contributed by atoms with E-state index >= 15 is 0 Å². The molecule has 2 N–H and O–H groups in total. The molecular formula is C16H27BrIN3O3S. The predicted molar refractivity (Wildman–Crippen MR) is 118 cm³/mol. The highest BCUT2D eigenvalue weighted by atomic mass is 127. The van der Waals surface area contributed by atoms with E-state index in [0.717, 1.165) is 16.6 Å². The molecule has 0 aliphatic carbocycles. The summed E-state index contributed by atoms with van der Waals surface area (Å²) < 4.78 is 28.4. The van der Waals surface area contributed by atoms with Crippen molar-refractivity contribution in [3.63, 3.8) is 0 Å². The number of hydrogen-bond donors (Lipinski definition) is 2. The molecule has 25 heavy (non-hydrogen) atoms. The van der Waals surface area contributed by atoms with E-state index in [4.69, 9.17) is 4.74 Å². The first kappa shape index (κ1) is 24.6. The highest BCUT2D eigenvalue weighted by Gasteiger charge is 2.10. The van der Waals surface area contributed by atoms with Crippen LogP contribution in [-0.2, 0) is 14.6 Å². The summed E-state index contributed by atoms with van der Waals surface area (Å²) in [5.41, 5.74) is 1.15. The average molecular weight is 548 g/mol. The van der Waals surface area contributed by atoms with Crippen molar-refractivity contribution < 1.29 is 13.2 Å². The van der Waals surface area contributed by atoms with Crippen LogP contribution in [-0.4, -0.2) is 52.7 Å². The van der Waals surface area contributed by atoms with E-state index in [9.17, 15) is 8.42 Å². The van der Waals surface area contributed by atoms with E-state index in [1.807, 2.05) is 25.1 Å². The molecule has 0 saturated heterocycles. The minimum absolute atomic E-state index is 0. The maximum atomic E-state index is 11.0. The van der Waals surface area contributed by atoms with Gasteiger partial charge in [-0.2, -0.15) is 0 Å². The summed E-state index contributed by atoms with van der Waals surface area (Å²) in [7, 11) is -2.98. The maximum absolute atomic E-state index is 11.0. The van der Waals surface area contributed by atoms with E-state index in [1.54, 1.807) is 0 Å². The molecule has 9 heteroatoms. The number of nitrogens with zero attached hydrogens (tertiary/aromatic N) is 1. The lowest BCUT2D eigenvalue weighted by Crippen LogP contribution is -2.39. The Hall–Kier alpha value is -0.390. The van der Waals surface area contributed by atoms with Crippen LogP contribution < -0.4 is 10.6 Å². The van der Waals surface area contributed by atoms with E-state index in [0.29, 0.717) is 19.1 Å². The van der Waals surface area contributed by atoms with Gasteiger partial charge < -0.3 is 15.4 Å². The number of ether oxygens (including phenoxy) is 1. The van der Waals surface area contributed by atoms with Crippen LogP contribution in [0.3, 0.4) is 0 Å². The van der Waals surface area contributed by atoms with Crippen molar-refractivity contribution in [2.24, 2.45) is 4.99 Å². The van der Waals surface area contributed by atoms with Crippen LogP contribution in [0.5, 0.6) is 0 Å². The van der Waals surface area contributed by atoms with Crippen molar-refractivity contribution in [2.45, 2.75) is 19.9 Å². The van der Waals surface area contributed by atoms with Gasteiger partial charge in [0.15, 0.2) is 5.96 Å². The highest BCUT2D eigenvalue weighted by molar-refractivity contribution is 14.0. The van der Waals surface area contributed by atoms with Crippen molar-refractivity contribution >= 4 is 55.7 Å². The molecule has 1 unspecified atom stereocenters. The number of nitrogens with one attached hydrogen (secondary N) is 2. The Morgan fingerprint density at radius 1 is 1.32 bits per heavy atom. The number of rotatable bonds is 9. The van der Waals surface area contributed by atoms with Crippen molar-refractivity contribution in [1.82, 2.24) is 10.6 Å². The van der Waals surface area contributed by atoms with Crippen molar-refractivity contribution in [3.8, 4) is 0 Å². The van der Waals surface area contributed by atoms with Gasteiger partial charge >= 0.3 is 0 Å². The fourth-order valence-electron chi connectivity index (χ4n) is 1.96. The standard InChI is InChI=1S/C16H26BrN3O3S.HI/c1-4-18-16(19-9-10-23-11-12-24(3,21)22)20-13(2)14-7-5-6-8-15(14)17;/h5-8,13H,4,9-12H2,1-3H3,(H2,18,19,20);1H. The van der Waals surface area contributed by atoms with Gasteiger partial charge in [0.1, 0.15) is 9.84 Å². The molecule has 0 bridgehead atoms. The van der Waals surface area contributed by atoms with Gasteiger partial charge in [-0.3, -0.25) is 4.99 Å². The van der Waals surface area contributed by atoms with Crippen LogP contribution in [0.25, 0.3) is 0 Å². The fourth-order valence-corrected chi connectivity index (χ4v) is 3.01. The van der Waals surface area contributed by atoms with Crippen LogP contribution in [0.2, 0.25) is 0 Å². The summed E-state index contributed by atoms with van der Waals surface area (Å²) >= 11 is 3.55. The van der Waals surface area contributed by atoms with Gasteiger partial charge in [0.2, 0.25) is 0 Å². The van der Waals surface area contributed by atoms with Crippen molar-refractivity contribution in [1.29, 1.82) is 0 Å². The van der Waals surface area contributed by atoms with Gasteiger partial charge in [0.25, 0.3) is 0 Å². The second kappa shape index (κ2) is 12.9. The number of halogens is 2. The zero-order valence-corrected chi connectivity index (χ0v) is 19.5. The van der Waals surface area contributed by atoms with Crippen LogP contribution in [0.1, 0.15) is 25.5 Å². The average Bonchev–Trinajstić information content (AvgIpc) is 2.50. The monoisotopic (exact) mass is 547 g/mol. The minimum atomic E-state index is -2.98. The van der Waals surface area contributed by atoms with Crippen LogP contribution in [0, 0.1) is 0 Å². The molecule has 0 fully saturated rings. The smallest absolute Gasteiger partial charge is 0.191 e. The van der Waals surface area contributed by atoms with Crippen LogP contribution in [0.15, 0.2) is 33.7 Å². The lowest BCUT2D eigenvalue weighted by atomic mass is 10.1. The molecule has 1 aromatic carbocycles. The van der Waals surface area contributed by atoms with Gasteiger partial charge in [0, 0.05) is 17.3 Å². The summed E-state index contributed by atoms with van der Waals surface area (Å²) in [6, 6.07) is 8.13. The molecule has 1 rings (SSSR count). The first-order valence-corrected chi connectivity index (χ1v) is 10.7. The largest absolute Gasteiger partial charge is 0.378 e. The SMILES string of the molecule is CCNC(=NCCOCCS(C)(=O)=O)NC(C)c1ccccc1Br.I. The molecular weight excluding hydrogens is 521 g/mol. The van der Waals surface area contributed by atoms with Gasteiger partial charge in [-0.1, -0.05) is 34.1 Å². The normalized spacial score (nSPS) is 13.0. The van der Waals surface area contributed by atoms with Gasteiger partial charge in [-0.25, -0.2) is 8.42 Å². The summed E-state index contributed by atoms with van der Waals surface area (Å²) in [4.78, 5) is 4.45. The second-order valence-corrected chi connectivity index (χ2v) is 8.50. The number of benzene rings is 1. The number of guanidine groups is 1. The summed E-state index contributed by atoms with van der Waals surface area (Å²) in [5.74, 6) is 0.737. The van der Waals surface area contributed by atoms with E-state index in [-0.39, 0.29) is 42.4 Å². The highest BCUT2D eigenvalue weighted by Crippen LogP contribution is 2.22. The van der Waals surface area contributed by atoms with E-state index in [2.05, 4.69) is 44.5 Å². The van der Waals surface area contributed by atoms with E-state index < -0.39 is 9.84 Å². The van der Waals surface area contributed by atoms with Gasteiger partial charge in [0.05, 0.1) is 31.6 Å². The predicted octanol–water partition coefficient (Wildman–Crippen LogP) is 2.74. The first-order valence-electron chi connectivity index (χ1n) is 7.88. The lowest BCUT2D eigenvalue weighted by molar-refractivity contribution is 0.157. The van der Waals surface area contributed by atoms with Gasteiger partial charge in [-0.05, 0) is 25.5 Å². The zero-order chi connectivity index (χ0) is 18.0. The van der Waals surface area contributed by atoms with Crippen LogP contribution >= 0.6 is 39.9 Å². The Morgan fingerprint density at radius 2 is 2.00 bits per heavy atom. The third-order valence-corrected chi connectivity index (χ3v) is 4.80. The molecule has 1 aromatic rings. The summed E-state index contributed by atoms with van der Waals surface area (Å²) in [5, 5.41) is 6.54. The lowest BCUT2D eigenvalue weighted by Gasteiger charge is -2.19. The quantitative estimate of drug-likeness (QED) is 0.215. The zero-order valence-electron chi connectivity index (χ0n) is 14.8. The van der Waals surface area contributed by atoms with E-state index in [1.165, 1.54) is 6.26 Å². The molecule has 0 aliphatic rings. The Bertz CT molecular complexity index is 641. The third-order valence-electron chi connectivity index (χ3n) is 3.17. The Balaban J connectivity index is 0.00000576.